The van der Waals surface area contributed by atoms with Crippen LogP contribution < -0.4 is 0 Å². The molecule has 0 heterocycles. The Bertz CT molecular complexity index is 205. The van der Waals surface area contributed by atoms with E-state index in [1.165, 1.54) is 0 Å². The standard InChI is InChI=1S/C14H29NO/c1-7-10-15(11-8-2)12(4)13(16)14(5,6)9-3/h12H,7-11H2,1-6H3/t12-/m1/s1. The Labute approximate surface area is 101 Å². The van der Waals surface area contributed by atoms with Gasteiger partial charge < -0.3 is 0 Å². The van der Waals surface area contributed by atoms with Crippen molar-refractivity contribution in [3.05, 3.63) is 0 Å². The topological polar surface area (TPSA) is 20.3 Å². The molecule has 1 atom stereocenters. The Morgan fingerprint density at radius 3 is 1.88 bits per heavy atom. The van der Waals surface area contributed by atoms with Crippen LogP contribution >= 0.6 is 0 Å². The lowest BCUT2D eigenvalue weighted by atomic mass is 9.82. The summed E-state index contributed by atoms with van der Waals surface area (Å²) in [6.45, 7) is 14.7. The Morgan fingerprint density at radius 1 is 1.12 bits per heavy atom. The minimum Gasteiger partial charge on any atom is -0.297 e. The Morgan fingerprint density at radius 2 is 1.56 bits per heavy atom. The van der Waals surface area contributed by atoms with Gasteiger partial charge in [0, 0.05) is 5.41 Å². The lowest BCUT2D eigenvalue weighted by Gasteiger charge is -2.33. The largest absolute Gasteiger partial charge is 0.297 e. The average molecular weight is 227 g/mol. The van der Waals surface area contributed by atoms with Gasteiger partial charge in [-0.3, -0.25) is 9.69 Å². The minimum absolute atomic E-state index is 0.0647. The maximum Gasteiger partial charge on any atom is 0.155 e. The number of nitrogens with zero attached hydrogens (tertiary/aromatic N) is 1. The molecule has 0 rings (SSSR count). The van der Waals surface area contributed by atoms with Gasteiger partial charge in [0.25, 0.3) is 0 Å². The summed E-state index contributed by atoms with van der Waals surface area (Å²) in [5, 5.41) is 0. The normalized spacial score (nSPS) is 14.2. The zero-order valence-corrected chi connectivity index (χ0v) is 12.0. The van der Waals surface area contributed by atoms with E-state index in [1.54, 1.807) is 0 Å². The first-order valence-electron chi connectivity index (χ1n) is 6.69. The van der Waals surface area contributed by atoms with E-state index in [0.717, 1.165) is 32.4 Å². The molecule has 2 nitrogen and oxygen atoms in total. The van der Waals surface area contributed by atoms with Gasteiger partial charge in [-0.2, -0.15) is 0 Å². The van der Waals surface area contributed by atoms with Gasteiger partial charge in [-0.1, -0.05) is 34.6 Å². The quantitative estimate of drug-likeness (QED) is 0.632. The monoisotopic (exact) mass is 227 g/mol. The van der Waals surface area contributed by atoms with Gasteiger partial charge in [-0.05, 0) is 39.3 Å². The van der Waals surface area contributed by atoms with Crippen LogP contribution in [0.15, 0.2) is 0 Å². The minimum atomic E-state index is -0.181. The SMILES string of the molecule is CCCN(CCC)[C@H](C)C(=O)C(C)(C)CC. The molecule has 16 heavy (non-hydrogen) atoms. The van der Waals surface area contributed by atoms with Crippen LogP contribution in [0, 0.1) is 5.41 Å². The smallest absolute Gasteiger partial charge is 0.155 e. The summed E-state index contributed by atoms with van der Waals surface area (Å²) in [6, 6.07) is 0.0647. The van der Waals surface area contributed by atoms with Crippen LogP contribution in [0.4, 0.5) is 0 Å². The van der Waals surface area contributed by atoms with Gasteiger partial charge >= 0.3 is 0 Å². The molecule has 0 aliphatic carbocycles. The van der Waals surface area contributed by atoms with Crippen LogP contribution in [0.2, 0.25) is 0 Å². The molecule has 0 aliphatic rings. The van der Waals surface area contributed by atoms with Gasteiger partial charge in [0.1, 0.15) is 0 Å². The molecule has 96 valence electrons. The second kappa shape index (κ2) is 7.05. The van der Waals surface area contributed by atoms with Crippen molar-refractivity contribution in [3.8, 4) is 0 Å². The molecule has 0 aromatic rings. The second-order valence-corrected chi connectivity index (χ2v) is 5.31. The molecular weight excluding hydrogens is 198 g/mol. The summed E-state index contributed by atoms with van der Waals surface area (Å²) < 4.78 is 0. The zero-order chi connectivity index (χ0) is 12.8. The predicted octanol–water partition coefficient (Wildman–Crippen LogP) is 3.50. The highest BCUT2D eigenvalue weighted by molar-refractivity contribution is 5.88. The number of hydrogen-bond donors (Lipinski definition) is 0. The molecule has 0 saturated carbocycles. The molecule has 0 aromatic heterocycles. The van der Waals surface area contributed by atoms with E-state index in [0.29, 0.717) is 5.78 Å². The number of Topliss-reactive ketones (excluding diaryl/α,β-unsaturated/α-hetero) is 1. The Kier molecular flexibility index (Phi) is 6.89. The summed E-state index contributed by atoms with van der Waals surface area (Å²) in [4.78, 5) is 14.7. The number of hydrogen-bond acceptors (Lipinski definition) is 2. The van der Waals surface area contributed by atoms with Crippen LogP contribution in [0.5, 0.6) is 0 Å². The van der Waals surface area contributed by atoms with E-state index in [-0.39, 0.29) is 11.5 Å². The molecule has 0 saturated heterocycles. The van der Waals surface area contributed by atoms with Crippen LogP contribution in [0.25, 0.3) is 0 Å². The lowest BCUT2D eigenvalue weighted by molar-refractivity contribution is -0.132. The lowest BCUT2D eigenvalue weighted by Crippen LogP contribution is -2.45. The molecule has 0 bridgehead atoms. The summed E-state index contributed by atoms with van der Waals surface area (Å²) >= 11 is 0. The van der Waals surface area contributed by atoms with Crippen molar-refractivity contribution in [1.82, 2.24) is 4.90 Å². The second-order valence-electron chi connectivity index (χ2n) is 5.31. The first kappa shape index (κ1) is 15.6. The molecular formula is C14H29NO. The third-order valence-corrected chi connectivity index (χ3v) is 3.50. The van der Waals surface area contributed by atoms with Crippen molar-refractivity contribution in [2.75, 3.05) is 13.1 Å². The van der Waals surface area contributed by atoms with Crippen molar-refractivity contribution < 1.29 is 4.79 Å². The highest BCUT2D eigenvalue weighted by atomic mass is 16.1. The van der Waals surface area contributed by atoms with E-state index >= 15 is 0 Å². The maximum absolute atomic E-state index is 12.3. The van der Waals surface area contributed by atoms with E-state index in [2.05, 4.69) is 46.4 Å². The van der Waals surface area contributed by atoms with Crippen molar-refractivity contribution >= 4 is 5.78 Å². The molecule has 0 unspecified atom stereocenters. The Balaban J connectivity index is 4.59. The fourth-order valence-corrected chi connectivity index (χ4v) is 1.98. The van der Waals surface area contributed by atoms with Crippen molar-refractivity contribution in [2.24, 2.45) is 5.41 Å². The van der Waals surface area contributed by atoms with E-state index < -0.39 is 0 Å². The van der Waals surface area contributed by atoms with Gasteiger partial charge in [0.05, 0.1) is 6.04 Å². The highest BCUT2D eigenvalue weighted by Crippen LogP contribution is 2.24. The third kappa shape index (κ3) is 4.25. The van der Waals surface area contributed by atoms with Gasteiger partial charge in [0.15, 0.2) is 5.78 Å². The molecule has 0 fully saturated rings. The van der Waals surface area contributed by atoms with Crippen molar-refractivity contribution in [3.63, 3.8) is 0 Å². The third-order valence-electron chi connectivity index (χ3n) is 3.50. The number of rotatable bonds is 8. The van der Waals surface area contributed by atoms with Gasteiger partial charge in [0.2, 0.25) is 0 Å². The van der Waals surface area contributed by atoms with Crippen molar-refractivity contribution in [2.45, 2.75) is 66.8 Å². The van der Waals surface area contributed by atoms with E-state index in [1.807, 2.05) is 0 Å². The fraction of sp³-hybridized carbons (Fsp3) is 0.929. The van der Waals surface area contributed by atoms with Gasteiger partial charge in [-0.25, -0.2) is 0 Å². The molecule has 2 heteroatoms. The van der Waals surface area contributed by atoms with Gasteiger partial charge in [-0.15, -0.1) is 0 Å². The van der Waals surface area contributed by atoms with Crippen LogP contribution in [-0.4, -0.2) is 29.8 Å². The first-order valence-corrected chi connectivity index (χ1v) is 6.69. The first-order chi connectivity index (χ1) is 7.40. The molecule has 0 aromatic carbocycles. The summed E-state index contributed by atoms with van der Waals surface area (Å²) in [7, 11) is 0. The number of carbonyl (C=O) groups is 1. The van der Waals surface area contributed by atoms with Crippen LogP contribution in [-0.2, 0) is 4.79 Å². The molecule has 0 spiro atoms. The number of ketones is 1. The van der Waals surface area contributed by atoms with E-state index in [4.69, 9.17) is 0 Å². The molecule has 0 amide bonds. The Hall–Kier alpha value is -0.370. The highest BCUT2D eigenvalue weighted by Gasteiger charge is 2.32. The summed E-state index contributed by atoms with van der Waals surface area (Å²) in [5.41, 5.74) is -0.181. The predicted molar refractivity (Wildman–Crippen MR) is 70.7 cm³/mol. The van der Waals surface area contributed by atoms with Crippen LogP contribution in [0.3, 0.4) is 0 Å². The van der Waals surface area contributed by atoms with Crippen molar-refractivity contribution in [1.29, 1.82) is 0 Å². The fourth-order valence-electron chi connectivity index (χ4n) is 1.98. The number of carbonyl (C=O) groups excluding carboxylic acids is 1. The summed E-state index contributed by atoms with van der Waals surface area (Å²) in [6.07, 6.45) is 3.15. The average Bonchev–Trinajstić information content (AvgIpc) is 2.26. The molecule has 0 N–H and O–H groups in total. The molecule has 0 radical (unpaired) electrons. The van der Waals surface area contributed by atoms with Crippen LogP contribution in [0.1, 0.15) is 60.8 Å². The summed E-state index contributed by atoms with van der Waals surface area (Å²) in [5.74, 6) is 0.386. The molecule has 0 aliphatic heterocycles. The van der Waals surface area contributed by atoms with E-state index in [9.17, 15) is 4.79 Å². The maximum atomic E-state index is 12.3. The zero-order valence-electron chi connectivity index (χ0n) is 12.0.